The van der Waals surface area contributed by atoms with Crippen LogP contribution in [0.25, 0.3) is 0 Å². The van der Waals surface area contributed by atoms with Crippen LogP contribution >= 0.6 is 22.6 Å². The zero-order valence-electron chi connectivity index (χ0n) is 18.7. The average Bonchev–Trinajstić information content (AvgIpc) is 3.09. The van der Waals surface area contributed by atoms with E-state index >= 15 is 0 Å². The summed E-state index contributed by atoms with van der Waals surface area (Å²) >= 11 is 2.07. The molecule has 6 nitrogen and oxygen atoms in total. The van der Waals surface area contributed by atoms with Gasteiger partial charge in [0.2, 0.25) is 5.91 Å². The summed E-state index contributed by atoms with van der Waals surface area (Å²) in [6, 6.07) is -0.160. The second-order valence-corrected chi connectivity index (χ2v) is 9.22. The van der Waals surface area contributed by atoms with Crippen molar-refractivity contribution in [1.82, 2.24) is 10.6 Å². The van der Waals surface area contributed by atoms with Gasteiger partial charge < -0.3 is 15.4 Å². The van der Waals surface area contributed by atoms with Crippen molar-refractivity contribution < 1.29 is 19.1 Å². The van der Waals surface area contributed by atoms with Gasteiger partial charge in [-0.1, -0.05) is 23.3 Å². The highest BCUT2D eigenvalue weighted by atomic mass is 127. The zero-order chi connectivity index (χ0) is 22.7. The molecule has 2 N–H and O–H groups in total. The molecule has 2 amide bonds. The monoisotopic (exact) mass is 530 g/mol. The Morgan fingerprint density at radius 3 is 2.53 bits per heavy atom. The van der Waals surface area contributed by atoms with Crippen molar-refractivity contribution >= 4 is 40.4 Å². The Labute approximate surface area is 194 Å². The molecule has 0 aliphatic carbocycles. The Balaban J connectivity index is 3.05. The third-order valence-corrected chi connectivity index (χ3v) is 6.56. The number of ether oxygens (including phenoxy) is 1. The van der Waals surface area contributed by atoms with Gasteiger partial charge in [-0.2, -0.15) is 0 Å². The SMILES string of the molecule is CCOC(=O)/C=C/[C@H](CCC1CNC(=O)C1)[C@H](CC=C(C)C)NC(=O)C(I)=C(C)C. The minimum Gasteiger partial charge on any atom is -0.463 e. The number of hydrogen-bond acceptors (Lipinski definition) is 4. The second kappa shape index (κ2) is 13.6. The number of nitrogens with one attached hydrogen (secondary N) is 2. The van der Waals surface area contributed by atoms with E-state index in [1.54, 1.807) is 6.92 Å². The number of hydrogen-bond donors (Lipinski definition) is 2. The van der Waals surface area contributed by atoms with Gasteiger partial charge in [0, 0.05) is 25.1 Å². The highest BCUT2D eigenvalue weighted by Crippen LogP contribution is 2.25. The summed E-state index contributed by atoms with van der Waals surface area (Å²) < 4.78 is 5.70. The van der Waals surface area contributed by atoms with E-state index in [0.29, 0.717) is 29.6 Å². The quantitative estimate of drug-likeness (QED) is 0.182. The second-order valence-electron chi connectivity index (χ2n) is 8.14. The first kappa shape index (κ1) is 26.4. The van der Waals surface area contributed by atoms with Gasteiger partial charge in [-0.3, -0.25) is 9.59 Å². The molecule has 168 valence electrons. The van der Waals surface area contributed by atoms with Crippen LogP contribution in [0.5, 0.6) is 0 Å². The lowest BCUT2D eigenvalue weighted by Gasteiger charge is -2.26. The predicted molar refractivity (Wildman–Crippen MR) is 128 cm³/mol. The first-order valence-electron chi connectivity index (χ1n) is 10.5. The fourth-order valence-corrected chi connectivity index (χ4v) is 3.44. The molecular formula is C23H35IN2O4. The molecule has 1 aliphatic heterocycles. The lowest BCUT2D eigenvalue weighted by atomic mass is 9.87. The van der Waals surface area contributed by atoms with Gasteiger partial charge in [-0.15, -0.1) is 0 Å². The highest BCUT2D eigenvalue weighted by molar-refractivity contribution is 14.1. The third kappa shape index (κ3) is 9.91. The van der Waals surface area contributed by atoms with Crippen molar-refractivity contribution in [2.24, 2.45) is 11.8 Å². The number of allylic oxidation sites excluding steroid dienone is 2. The molecule has 3 atom stereocenters. The van der Waals surface area contributed by atoms with E-state index in [4.69, 9.17) is 4.74 Å². The first-order valence-corrected chi connectivity index (χ1v) is 11.6. The van der Waals surface area contributed by atoms with E-state index in [1.165, 1.54) is 11.6 Å². The lowest BCUT2D eigenvalue weighted by molar-refractivity contribution is -0.137. The topological polar surface area (TPSA) is 84.5 Å². The van der Waals surface area contributed by atoms with E-state index < -0.39 is 0 Å². The maximum Gasteiger partial charge on any atom is 0.330 e. The van der Waals surface area contributed by atoms with Crippen LogP contribution in [0.4, 0.5) is 0 Å². The van der Waals surface area contributed by atoms with Crippen LogP contribution in [0, 0.1) is 11.8 Å². The molecule has 0 radical (unpaired) electrons. The zero-order valence-corrected chi connectivity index (χ0v) is 20.9. The summed E-state index contributed by atoms with van der Waals surface area (Å²) in [5, 5.41) is 6.03. The van der Waals surface area contributed by atoms with E-state index in [9.17, 15) is 14.4 Å². The number of amides is 2. The summed E-state index contributed by atoms with van der Waals surface area (Å²) in [6.07, 6.45) is 8.22. The molecule has 1 fully saturated rings. The lowest BCUT2D eigenvalue weighted by Crippen LogP contribution is -2.40. The van der Waals surface area contributed by atoms with Crippen LogP contribution in [0.1, 0.15) is 60.3 Å². The van der Waals surface area contributed by atoms with Crippen LogP contribution in [0.2, 0.25) is 0 Å². The molecule has 0 aromatic carbocycles. The maximum atomic E-state index is 12.7. The van der Waals surface area contributed by atoms with Gasteiger partial charge in [0.1, 0.15) is 0 Å². The maximum absolute atomic E-state index is 12.7. The van der Waals surface area contributed by atoms with E-state index in [1.807, 2.05) is 33.8 Å². The summed E-state index contributed by atoms with van der Waals surface area (Å²) in [7, 11) is 0. The average molecular weight is 530 g/mol. The van der Waals surface area contributed by atoms with Gasteiger partial charge in [-0.25, -0.2) is 4.79 Å². The number of halogens is 1. The molecule has 1 rings (SSSR count). The van der Waals surface area contributed by atoms with Crippen LogP contribution in [-0.2, 0) is 19.1 Å². The summed E-state index contributed by atoms with van der Waals surface area (Å²) in [6.45, 7) is 10.7. The summed E-state index contributed by atoms with van der Waals surface area (Å²) in [5.41, 5.74) is 2.13. The van der Waals surface area contributed by atoms with Crippen molar-refractivity contribution in [3.63, 3.8) is 0 Å². The van der Waals surface area contributed by atoms with Crippen LogP contribution in [0.3, 0.4) is 0 Å². The molecule has 0 saturated carbocycles. The van der Waals surface area contributed by atoms with E-state index in [2.05, 4.69) is 39.3 Å². The smallest absolute Gasteiger partial charge is 0.330 e. The third-order valence-electron chi connectivity index (χ3n) is 4.99. The van der Waals surface area contributed by atoms with Crippen molar-refractivity contribution in [3.8, 4) is 0 Å². The Kier molecular flexibility index (Phi) is 12.0. The van der Waals surface area contributed by atoms with Crippen molar-refractivity contribution in [2.75, 3.05) is 13.2 Å². The first-order chi connectivity index (χ1) is 14.1. The predicted octanol–water partition coefficient (Wildman–Crippen LogP) is 4.21. The van der Waals surface area contributed by atoms with Crippen LogP contribution in [-0.4, -0.2) is 37.0 Å². The van der Waals surface area contributed by atoms with Crippen molar-refractivity contribution in [3.05, 3.63) is 33.0 Å². The largest absolute Gasteiger partial charge is 0.463 e. The Morgan fingerprint density at radius 1 is 1.30 bits per heavy atom. The van der Waals surface area contributed by atoms with E-state index in [0.717, 1.165) is 18.4 Å². The number of esters is 1. The van der Waals surface area contributed by atoms with Crippen molar-refractivity contribution in [1.29, 1.82) is 0 Å². The molecule has 0 spiro atoms. The van der Waals surface area contributed by atoms with E-state index in [-0.39, 0.29) is 35.7 Å². The molecular weight excluding hydrogens is 495 g/mol. The van der Waals surface area contributed by atoms with Gasteiger partial charge in [0.05, 0.1) is 10.2 Å². The fourth-order valence-electron chi connectivity index (χ4n) is 3.28. The summed E-state index contributed by atoms with van der Waals surface area (Å²) in [5.74, 6) is -0.160. The number of carbonyl (C=O) groups excluding carboxylic acids is 3. The number of carbonyl (C=O) groups is 3. The standard InChI is InChI=1S/C23H35IN2O4/c1-6-30-21(28)12-10-18(9-8-17-13-20(27)25-14-17)19(11-7-15(2)3)26-23(29)22(24)16(4)5/h7,10,12,17-19H,6,8-9,11,13-14H2,1-5H3,(H,25,27)(H,26,29)/b12-10+/t17?,18-,19-/m0/s1. The fraction of sp³-hybridized carbons (Fsp3) is 0.609. The highest BCUT2D eigenvalue weighted by Gasteiger charge is 2.26. The van der Waals surface area contributed by atoms with Crippen molar-refractivity contribution in [2.45, 2.75) is 66.3 Å². The molecule has 1 saturated heterocycles. The Morgan fingerprint density at radius 2 is 2.00 bits per heavy atom. The molecule has 7 heteroatoms. The molecule has 1 aliphatic rings. The van der Waals surface area contributed by atoms with Gasteiger partial charge in [0.25, 0.3) is 5.91 Å². The van der Waals surface area contributed by atoms with Crippen LogP contribution in [0.15, 0.2) is 33.0 Å². The molecule has 0 aromatic rings. The molecule has 0 aromatic heterocycles. The molecule has 1 unspecified atom stereocenters. The Bertz CT molecular complexity index is 704. The molecule has 30 heavy (non-hydrogen) atoms. The molecule has 0 bridgehead atoms. The van der Waals surface area contributed by atoms with Gasteiger partial charge in [0.15, 0.2) is 0 Å². The van der Waals surface area contributed by atoms with Gasteiger partial charge >= 0.3 is 5.97 Å². The minimum atomic E-state index is -0.383. The Hall–Kier alpha value is -1.64. The summed E-state index contributed by atoms with van der Waals surface area (Å²) in [4.78, 5) is 36.1. The minimum absolute atomic E-state index is 0.0500. The normalized spacial score (nSPS) is 17.8. The van der Waals surface area contributed by atoms with Gasteiger partial charge in [-0.05, 0) is 88.3 Å². The number of rotatable bonds is 11. The molecule has 1 heterocycles. The van der Waals surface area contributed by atoms with Crippen LogP contribution < -0.4 is 10.6 Å².